The van der Waals surface area contributed by atoms with E-state index < -0.39 is 0 Å². The lowest BCUT2D eigenvalue weighted by molar-refractivity contribution is 0.491. The van der Waals surface area contributed by atoms with Crippen LogP contribution in [0.3, 0.4) is 0 Å². The van der Waals surface area contributed by atoms with Crippen LogP contribution >= 0.6 is 0 Å². The first-order valence-corrected chi connectivity index (χ1v) is 12.4. The Morgan fingerprint density at radius 2 is 1.81 bits per heavy atom. The van der Waals surface area contributed by atoms with Crippen molar-refractivity contribution in [3.63, 3.8) is 0 Å². The Balaban J connectivity index is 1.83. The molecule has 0 amide bonds. The molecule has 0 saturated heterocycles. The number of benzene rings is 2. The Morgan fingerprint density at radius 3 is 2.43 bits per heavy atom. The van der Waals surface area contributed by atoms with Gasteiger partial charge in [0, 0.05) is 38.2 Å². The quantitative estimate of drug-likeness (QED) is 0.286. The highest BCUT2D eigenvalue weighted by atomic mass is 16.1. The molecule has 2 aromatic heterocycles. The first-order chi connectivity index (χ1) is 17.9. The number of hydrogen-bond donors (Lipinski definition) is 2. The number of anilines is 2. The molecule has 0 bridgehead atoms. The average molecular weight is 499 g/mol. The summed E-state index contributed by atoms with van der Waals surface area (Å²) in [5.41, 5.74) is 10.5. The summed E-state index contributed by atoms with van der Waals surface area (Å²) in [5, 5.41) is 7.72. The maximum absolute atomic E-state index is 13.2. The summed E-state index contributed by atoms with van der Waals surface area (Å²) in [4.78, 5) is 22.8. The minimum absolute atomic E-state index is 0.199. The molecule has 9 nitrogen and oxygen atoms in total. The molecule has 4 aromatic rings. The molecule has 37 heavy (non-hydrogen) atoms. The minimum atomic E-state index is -0.199. The van der Waals surface area contributed by atoms with Crippen LogP contribution < -0.4 is 22.2 Å². The summed E-state index contributed by atoms with van der Waals surface area (Å²) in [6.45, 7) is 7.45. The van der Waals surface area contributed by atoms with Crippen molar-refractivity contribution in [2.45, 2.75) is 33.9 Å². The fourth-order valence-electron chi connectivity index (χ4n) is 4.08. The number of para-hydroxylation sites is 1. The van der Waals surface area contributed by atoms with E-state index in [0.717, 1.165) is 16.9 Å². The van der Waals surface area contributed by atoms with Crippen LogP contribution in [0, 0.1) is 5.92 Å². The summed E-state index contributed by atoms with van der Waals surface area (Å²) in [5.74, 6) is 1.14. The molecule has 0 saturated carbocycles. The highest BCUT2D eigenvalue weighted by Gasteiger charge is 2.20. The molecule has 2 aromatic carbocycles. The van der Waals surface area contributed by atoms with E-state index in [1.54, 1.807) is 22.4 Å². The lowest BCUT2D eigenvalue weighted by Crippen LogP contribution is -2.45. The lowest BCUT2D eigenvalue weighted by atomic mass is 10.2. The Hall–Kier alpha value is -4.40. The van der Waals surface area contributed by atoms with Gasteiger partial charge in [0.2, 0.25) is 0 Å². The average Bonchev–Trinajstić information content (AvgIpc) is 3.44. The van der Waals surface area contributed by atoms with Gasteiger partial charge in [0.05, 0.1) is 17.8 Å². The fourth-order valence-corrected chi connectivity index (χ4v) is 4.08. The number of aromatic nitrogens is 4. The molecule has 0 radical (unpaired) electrons. The number of rotatable bonds is 8. The van der Waals surface area contributed by atoms with Gasteiger partial charge in [-0.15, -0.1) is 0 Å². The Kier molecular flexibility index (Phi) is 8.02. The monoisotopic (exact) mass is 498 g/mol. The van der Waals surface area contributed by atoms with E-state index in [1.807, 2.05) is 78.5 Å². The van der Waals surface area contributed by atoms with Gasteiger partial charge in [-0.25, -0.2) is 9.48 Å². The summed E-state index contributed by atoms with van der Waals surface area (Å²) in [6.07, 6.45) is 3.66. The number of nitrogens with zero attached hydrogens (tertiary/aromatic N) is 6. The standard InChI is InChI=1S/C28H34N8O/c1-5-30-27-24(25(29)35(19-20(2)3)28(37)34(27)4)26(33-22-10-7-6-8-11-22)31-18-21-12-14-23(15-13-21)36-17-9-16-32-36/h6-17,20H,5,18-19,29H2,1-4H3,(H,31,33). The van der Waals surface area contributed by atoms with Gasteiger partial charge >= 0.3 is 5.69 Å². The topological polar surface area (TPSA) is 108 Å². The van der Waals surface area contributed by atoms with E-state index in [4.69, 9.17) is 10.7 Å². The van der Waals surface area contributed by atoms with Crippen LogP contribution in [-0.4, -0.2) is 31.3 Å². The van der Waals surface area contributed by atoms with E-state index in [9.17, 15) is 4.79 Å². The zero-order valence-corrected chi connectivity index (χ0v) is 21.8. The normalized spacial score (nSPS) is 12.4. The van der Waals surface area contributed by atoms with Crippen LogP contribution in [0.4, 0.5) is 11.5 Å². The second-order valence-electron chi connectivity index (χ2n) is 9.18. The molecule has 0 spiro atoms. The molecule has 2 heterocycles. The molecule has 192 valence electrons. The lowest BCUT2D eigenvalue weighted by Gasteiger charge is -2.20. The molecule has 4 rings (SSSR count). The van der Waals surface area contributed by atoms with Gasteiger partial charge in [-0.3, -0.25) is 19.1 Å². The Morgan fingerprint density at radius 1 is 1.08 bits per heavy atom. The van der Waals surface area contributed by atoms with E-state index in [-0.39, 0.29) is 11.6 Å². The fraction of sp³-hybridized carbons (Fsp3) is 0.286. The Labute approximate surface area is 216 Å². The summed E-state index contributed by atoms with van der Waals surface area (Å²) in [7, 11) is 1.73. The number of nitrogens with two attached hydrogens (primary N) is 1. The summed E-state index contributed by atoms with van der Waals surface area (Å²) < 4.78 is 4.97. The van der Waals surface area contributed by atoms with Gasteiger partial charge in [0.25, 0.3) is 0 Å². The molecule has 0 aliphatic carbocycles. The van der Waals surface area contributed by atoms with Crippen LogP contribution in [0.1, 0.15) is 31.9 Å². The number of nitrogen functional groups attached to an aromatic ring is 1. The van der Waals surface area contributed by atoms with E-state index in [1.165, 1.54) is 0 Å². The molecular formula is C28H34N8O. The van der Waals surface area contributed by atoms with Crippen molar-refractivity contribution in [3.8, 4) is 5.69 Å². The number of hydrogen-bond acceptors (Lipinski definition) is 5. The third-order valence-corrected chi connectivity index (χ3v) is 5.86. The number of aliphatic imine (C=N–C) groups is 1. The number of amidine groups is 1. The van der Waals surface area contributed by atoms with Crippen molar-refractivity contribution >= 4 is 17.3 Å². The molecule has 0 aliphatic rings. The smallest absolute Gasteiger partial charge is 0.331 e. The molecule has 9 heteroatoms. The number of nitrogens with one attached hydrogen (secondary N) is 1. The van der Waals surface area contributed by atoms with Crippen molar-refractivity contribution in [3.05, 3.63) is 100 Å². The predicted octanol–water partition coefficient (Wildman–Crippen LogP) is 3.59. The molecule has 0 aliphatic heterocycles. The van der Waals surface area contributed by atoms with Gasteiger partial charge in [-0.1, -0.05) is 44.2 Å². The van der Waals surface area contributed by atoms with Crippen LogP contribution in [0.15, 0.2) is 87.8 Å². The SMILES string of the molecule is CCN=c1c(C(=NCc2ccc(-n3cccn3)cc2)Nc2ccccc2)c(N)n(CC(C)C)c(=O)n1C. The molecular weight excluding hydrogens is 464 g/mol. The maximum Gasteiger partial charge on any atom is 0.331 e. The van der Waals surface area contributed by atoms with Crippen LogP contribution in [0.25, 0.3) is 5.69 Å². The van der Waals surface area contributed by atoms with Gasteiger partial charge in [0.15, 0.2) is 0 Å². The summed E-state index contributed by atoms with van der Waals surface area (Å²) >= 11 is 0. The minimum Gasteiger partial charge on any atom is -0.384 e. The second-order valence-corrected chi connectivity index (χ2v) is 9.18. The predicted molar refractivity (Wildman–Crippen MR) is 149 cm³/mol. The molecule has 3 N–H and O–H groups in total. The second kappa shape index (κ2) is 11.6. The van der Waals surface area contributed by atoms with Gasteiger partial charge < -0.3 is 11.1 Å². The third kappa shape index (κ3) is 5.88. The summed E-state index contributed by atoms with van der Waals surface area (Å²) in [6, 6.07) is 19.8. The van der Waals surface area contributed by atoms with Crippen molar-refractivity contribution in [1.82, 2.24) is 18.9 Å². The van der Waals surface area contributed by atoms with Gasteiger partial charge in [0.1, 0.15) is 17.1 Å². The molecule has 0 fully saturated rings. The van der Waals surface area contributed by atoms with E-state index in [2.05, 4.69) is 29.3 Å². The van der Waals surface area contributed by atoms with Gasteiger partial charge in [-0.05, 0) is 48.7 Å². The van der Waals surface area contributed by atoms with E-state index in [0.29, 0.717) is 42.3 Å². The van der Waals surface area contributed by atoms with E-state index >= 15 is 0 Å². The third-order valence-electron chi connectivity index (χ3n) is 5.86. The van der Waals surface area contributed by atoms with Crippen molar-refractivity contribution in [2.75, 3.05) is 17.6 Å². The zero-order valence-electron chi connectivity index (χ0n) is 21.8. The van der Waals surface area contributed by atoms with Crippen molar-refractivity contribution in [2.24, 2.45) is 23.0 Å². The van der Waals surface area contributed by atoms with Crippen molar-refractivity contribution < 1.29 is 0 Å². The highest BCUT2D eigenvalue weighted by Crippen LogP contribution is 2.15. The molecule has 0 atom stereocenters. The van der Waals surface area contributed by atoms with Crippen LogP contribution in [0.5, 0.6) is 0 Å². The first-order valence-electron chi connectivity index (χ1n) is 12.4. The largest absolute Gasteiger partial charge is 0.384 e. The first kappa shape index (κ1) is 25.7. The highest BCUT2D eigenvalue weighted by molar-refractivity contribution is 6.10. The zero-order chi connectivity index (χ0) is 26.4. The molecule has 0 unspecified atom stereocenters. The Bertz CT molecular complexity index is 1480. The van der Waals surface area contributed by atoms with Crippen LogP contribution in [0.2, 0.25) is 0 Å². The maximum atomic E-state index is 13.2. The van der Waals surface area contributed by atoms with Gasteiger partial charge in [-0.2, -0.15) is 5.10 Å². The van der Waals surface area contributed by atoms with Crippen LogP contribution in [-0.2, 0) is 20.1 Å². The van der Waals surface area contributed by atoms with Crippen molar-refractivity contribution in [1.29, 1.82) is 0 Å².